The predicted octanol–water partition coefficient (Wildman–Crippen LogP) is 1.02. The lowest BCUT2D eigenvalue weighted by atomic mass is 10.2. The van der Waals surface area contributed by atoms with Gasteiger partial charge >= 0.3 is 5.97 Å². The Bertz CT molecular complexity index is 734. The number of nitrogens with one attached hydrogen (secondary N) is 1. The van der Waals surface area contributed by atoms with Gasteiger partial charge < -0.3 is 10.4 Å². The smallest absolute Gasteiger partial charge is 0.339 e. The summed E-state index contributed by atoms with van der Waals surface area (Å²) >= 11 is 6.05. The van der Waals surface area contributed by atoms with Crippen LogP contribution in [0.5, 0.6) is 0 Å². The Balaban J connectivity index is 2.01. The number of halogens is 1. The third kappa shape index (κ3) is 3.11. The van der Waals surface area contributed by atoms with Crippen LogP contribution in [0.25, 0.3) is 0 Å². The molecule has 0 aliphatic carbocycles. The summed E-state index contributed by atoms with van der Waals surface area (Å²) in [6.07, 6.45) is 1.29. The maximum Gasteiger partial charge on any atom is 0.339 e. The average Bonchev–Trinajstić information content (AvgIpc) is 2.96. The zero-order valence-electron chi connectivity index (χ0n) is 12.4. The van der Waals surface area contributed by atoms with E-state index in [2.05, 4.69) is 15.5 Å². The normalized spacial score (nSPS) is 10.7. The van der Waals surface area contributed by atoms with Crippen molar-refractivity contribution < 1.29 is 14.7 Å². The van der Waals surface area contributed by atoms with Crippen LogP contribution >= 0.6 is 11.6 Å². The van der Waals surface area contributed by atoms with Crippen molar-refractivity contribution in [2.45, 2.75) is 20.4 Å². The van der Waals surface area contributed by atoms with Gasteiger partial charge in [0.2, 0.25) is 0 Å². The number of hydrogen-bond donors (Lipinski definition) is 2. The SMILES string of the molecule is Cc1nn(CCNC(=O)c2nn(C)cc2C(=O)O)c(C)c1Cl. The fraction of sp³-hybridized carbons (Fsp3) is 0.385. The lowest BCUT2D eigenvalue weighted by Gasteiger charge is -2.06. The Hall–Kier alpha value is -2.35. The lowest BCUT2D eigenvalue weighted by Crippen LogP contribution is -2.29. The third-order valence-electron chi connectivity index (χ3n) is 3.18. The summed E-state index contributed by atoms with van der Waals surface area (Å²) in [6.45, 7) is 4.36. The Labute approximate surface area is 131 Å². The lowest BCUT2D eigenvalue weighted by molar-refractivity contribution is 0.0691. The number of aryl methyl sites for hydroxylation is 2. The molecule has 1 amide bonds. The molecule has 2 aromatic rings. The molecule has 2 aromatic heterocycles. The number of aromatic nitrogens is 4. The number of rotatable bonds is 5. The molecule has 0 saturated heterocycles. The van der Waals surface area contributed by atoms with Crippen LogP contribution in [-0.4, -0.2) is 43.1 Å². The fourth-order valence-corrected chi connectivity index (χ4v) is 2.20. The van der Waals surface area contributed by atoms with E-state index in [0.29, 0.717) is 11.6 Å². The van der Waals surface area contributed by atoms with E-state index in [1.807, 2.05) is 6.92 Å². The molecule has 0 atom stereocenters. The topological polar surface area (TPSA) is 102 Å². The van der Waals surface area contributed by atoms with Gasteiger partial charge in [0.15, 0.2) is 5.69 Å². The van der Waals surface area contributed by atoms with E-state index >= 15 is 0 Å². The molecule has 0 saturated carbocycles. The second-order valence-corrected chi connectivity index (χ2v) is 5.21. The minimum absolute atomic E-state index is 0.110. The highest BCUT2D eigenvalue weighted by molar-refractivity contribution is 6.31. The van der Waals surface area contributed by atoms with Gasteiger partial charge in [-0.1, -0.05) is 11.6 Å². The largest absolute Gasteiger partial charge is 0.478 e. The highest BCUT2D eigenvalue weighted by Crippen LogP contribution is 2.18. The highest BCUT2D eigenvalue weighted by atomic mass is 35.5. The Morgan fingerprint density at radius 2 is 2.05 bits per heavy atom. The van der Waals surface area contributed by atoms with Crippen molar-refractivity contribution in [2.75, 3.05) is 6.54 Å². The summed E-state index contributed by atoms with van der Waals surface area (Å²) in [5, 5.41) is 20.4. The summed E-state index contributed by atoms with van der Waals surface area (Å²) in [5.41, 5.74) is 1.30. The van der Waals surface area contributed by atoms with E-state index in [1.165, 1.54) is 10.9 Å². The van der Waals surface area contributed by atoms with Gasteiger partial charge in [-0.3, -0.25) is 14.2 Å². The molecule has 22 heavy (non-hydrogen) atoms. The molecule has 0 aliphatic heterocycles. The van der Waals surface area contributed by atoms with Gasteiger partial charge in [0.1, 0.15) is 5.56 Å². The van der Waals surface area contributed by atoms with Crippen molar-refractivity contribution in [3.05, 3.63) is 33.9 Å². The first kappa shape index (κ1) is 16.0. The summed E-state index contributed by atoms with van der Waals surface area (Å²) < 4.78 is 2.98. The number of carbonyl (C=O) groups excluding carboxylic acids is 1. The molecule has 0 bridgehead atoms. The van der Waals surface area contributed by atoms with E-state index in [0.717, 1.165) is 11.4 Å². The number of carbonyl (C=O) groups is 2. The fourth-order valence-electron chi connectivity index (χ4n) is 2.06. The van der Waals surface area contributed by atoms with E-state index in [4.69, 9.17) is 16.7 Å². The van der Waals surface area contributed by atoms with Crippen LogP contribution < -0.4 is 5.32 Å². The zero-order valence-corrected chi connectivity index (χ0v) is 13.2. The molecule has 0 unspecified atom stereocenters. The number of nitrogens with zero attached hydrogens (tertiary/aromatic N) is 4. The zero-order chi connectivity index (χ0) is 16.4. The first-order valence-corrected chi connectivity index (χ1v) is 6.93. The monoisotopic (exact) mass is 325 g/mol. The van der Waals surface area contributed by atoms with Crippen molar-refractivity contribution in [3.63, 3.8) is 0 Å². The number of aromatic carboxylic acids is 1. The predicted molar refractivity (Wildman–Crippen MR) is 79.2 cm³/mol. The van der Waals surface area contributed by atoms with Crippen LogP contribution in [0.1, 0.15) is 32.2 Å². The van der Waals surface area contributed by atoms with Crippen molar-refractivity contribution in [1.82, 2.24) is 24.9 Å². The van der Waals surface area contributed by atoms with Gasteiger partial charge in [-0.2, -0.15) is 10.2 Å². The molecular weight excluding hydrogens is 310 g/mol. The maximum absolute atomic E-state index is 12.0. The standard InChI is InChI=1S/C13H16ClN5O3/c1-7-10(14)8(2)19(16-7)5-4-15-12(20)11-9(13(21)22)6-18(3)17-11/h6H,4-5H2,1-3H3,(H,15,20)(H,21,22). The number of carboxylic acid groups (broad SMARTS) is 1. The van der Waals surface area contributed by atoms with Crippen LogP contribution in [-0.2, 0) is 13.6 Å². The third-order valence-corrected chi connectivity index (χ3v) is 3.72. The van der Waals surface area contributed by atoms with E-state index in [9.17, 15) is 9.59 Å². The minimum Gasteiger partial charge on any atom is -0.478 e. The van der Waals surface area contributed by atoms with Crippen LogP contribution in [0.4, 0.5) is 0 Å². The van der Waals surface area contributed by atoms with E-state index < -0.39 is 11.9 Å². The van der Waals surface area contributed by atoms with Crippen LogP contribution in [0.2, 0.25) is 5.02 Å². The van der Waals surface area contributed by atoms with Crippen LogP contribution in [0.3, 0.4) is 0 Å². The Morgan fingerprint density at radius 1 is 1.36 bits per heavy atom. The molecule has 0 aliphatic rings. The number of amides is 1. The summed E-state index contributed by atoms with van der Waals surface area (Å²) in [6, 6.07) is 0. The highest BCUT2D eigenvalue weighted by Gasteiger charge is 2.20. The van der Waals surface area contributed by atoms with E-state index in [1.54, 1.807) is 18.7 Å². The van der Waals surface area contributed by atoms with E-state index in [-0.39, 0.29) is 17.8 Å². The minimum atomic E-state index is -1.19. The molecule has 0 spiro atoms. The van der Waals surface area contributed by atoms with Crippen molar-refractivity contribution >= 4 is 23.5 Å². The molecule has 0 radical (unpaired) electrons. The van der Waals surface area contributed by atoms with Crippen molar-refractivity contribution in [2.24, 2.45) is 7.05 Å². The summed E-state index contributed by atoms with van der Waals surface area (Å²) in [7, 11) is 1.56. The van der Waals surface area contributed by atoms with Gasteiger partial charge in [0.25, 0.3) is 5.91 Å². The van der Waals surface area contributed by atoms with Crippen molar-refractivity contribution in [3.8, 4) is 0 Å². The molecule has 2 N–H and O–H groups in total. The second kappa shape index (κ2) is 6.18. The van der Waals surface area contributed by atoms with Gasteiger partial charge in [0, 0.05) is 19.8 Å². The first-order valence-electron chi connectivity index (χ1n) is 6.56. The number of hydrogen-bond acceptors (Lipinski definition) is 4. The molecule has 9 heteroatoms. The molecule has 2 rings (SSSR count). The quantitative estimate of drug-likeness (QED) is 0.854. The van der Waals surface area contributed by atoms with Gasteiger partial charge in [0.05, 0.1) is 23.0 Å². The molecular formula is C13H16ClN5O3. The molecule has 118 valence electrons. The molecule has 0 fully saturated rings. The molecule has 2 heterocycles. The van der Waals surface area contributed by atoms with Gasteiger partial charge in [-0.25, -0.2) is 4.79 Å². The maximum atomic E-state index is 12.0. The van der Waals surface area contributed by atoms with Gasteiger partial charge in [-0.15, -0.1) is 0 Å². The Morgan fingerprint density at radius 3 is 2.59 bits per heavy atom. The first-order chi connectivity index (χ1) is 10.3. The number of carboxylic acids is 1. The van der Waals surface area contributed by atoms with Crippen LogP contribution in [0.15, 0.2) is 6.20 Å². The van der Waals surface area contributed by atoms with Crippen LogP contribution in [0, 0.1) is 13.8 Å². The summed E-state index contributed by atoms with van der Waals surface area (Å²) in [4.78, 5) is 23.1. The van der Waals surface area contributed by atoms with Gasteiger partial charge in [-0.05, 0) is 13.8 Å². The summed E-state index contributed by atoms with van der Waals surface area (Å²) in [5.74, 6) is -1.73. The molecule has 0 aromatic carbocycles. The van der Waals surface area contributed by atoms with Crippen molar-refractivity contribution in [1.29, 1.82) is 0 Å². The second-order valence-electron chi connectivity index (χ2n) is 4.83. The molecule has 8 nitrogen and oxygen atoms in total. The average molecular weight is 326 g/mol. The Kier molecular flexibility index (Phi) is 4.51.